The molecule has 0 unspecified atom stereocenters. The number of rotatable bonds is 4. The molecule has 1 aliphatic rings. The summed E-state index contributed by atoms with van der Waals surface area (Å²) in [4.78, 5) is 0. The topological polar surface area (TPSA) is 35.2 Å². The highest BCUT2D eigenvalue weighted by molar-refractivity contribution is 5.39. The number of hydrogen-bond acceptors (Lipinski definition) is 2. The van der Waals surface area contributed by atoms with Gasteiger partial charge < -0.3 is 10.5 Å². The fourth-order valence-corrected chi connectivity index (χ4v) is 2.41. The van der Waals surface area contributed by atoms with Crippen molar-refractivity contribution in [3.63, 3.8) is 0 Å². The van der Waals surface area contributed by atoms with E-state index in [1.54, 1.807) is 6.07 Å². The van der Waals surface area contributed by atoms with E-state index in [0.717, 1.165) is 31.7 Å². The molecule has 0 bridgehead atoms. The van der Waals surface area contributed by atoms with Crippen LogP contribution in [0.1, 0.15) is 36.8 Å². The highest BCUT2D eigenvalue weighted by atomic mass is 19.4. The zero-order valence-electron chi connectivity index (χ0n) is 10.7. The molecule has 1 aromatic carbocycles. The summed E-state index contributed by atoms with van der Waals surface area (Å²) in [6.07, 6.45) is -0.315. The van der Waals surface area contributed by atoms with E-state index in [1.165, 1.54) is 6.07 Å². The molecule has 5 heteroatoms. The van der Waals surface area contributed by atoms with Crippen LogP contribution in [0.3, 0.4) is 0 Å². The lowest BCUT2D eigenvalue weighted by Crippen LogP contribution is -2.16. The van der Waals surface area contributed by atoms with Gasteiger partial charge in [-0.05, 0) is 56.3 Å². The smallest absolute Gasteiger partial charge is 0.419 e. The van der Waals surface area contributed by atoms with Crippen LogP contribution < -0.4 is 10.5 Å². The standard InChI is InChI=1S/C14H18F3NO/c15-14(16,17)12-9-10(7-8-18)5-6-13(12)19-11-3-1-2-4-11/h5-6,9,11H,1-4,7-8,18H2. The quantitative estimate of drug-likeness (QED) is 0.910. The Labute approximate surface area is 110 Å². The summed E-state index contributed by atoms with van der Waals surface area (Å²) in [5, 5.41) is 0. The lowest BCUT2D eigenvalue weighted by Gasteiger charge is -2.19. The van der Waals surface area contributed by atoms with Crippen LogP contribution in [-0.2, 0) is 12.6 Å². The number of hydrogen-bond donors (Lipinski definition) is 1. The van der Waals surface area contributed by atoms with Gasteiger partial charge >= 0.3 is 6.18 Å². The van der Waals surface area contributed by atoms with Crippen LogP contribution in [0.4, 0.5) is 13.2 Å². The van der Waals surface area contributed by atoms with Gasteiger partial charge in [-0.3, -0.25) is 0 Å². The molecular formula is C14H18F3NO. The van der Waals surface area contributed by atoms with Crippen LogP contribution in [0, 0.1) is 0 Å². The molecule has 1 saturated carbocycles. The summed E-state index contributed by atoms with van der Waals surface area (Å²) < 4.78 is 44.6. The third kappa shape index (κ3) is 3.62. The first-order valence-electron chi connectivity index (χ1n) is 6.57. The van der Waals surface area contributed by atoms with Crippen LogP contribution in [0.5, 0.6) is 5.75 Å². The number of benzene rings is 1. The maximum atomic E-state index is 13.0. The van der Waals surface area contributed by atoms with E-state index in [-0.39, 0.29) is 11.9 Å². The van der Waals surface area contributed by atoms with Crippen LogP contribution in [0.25, 0.3) is 0 Å². The van der Waals surface area contributed by atoms with Gasteiger partial charge in [-0.25, -0.2) is 0 Å². The largest absolute Gasteiger partial charge is 0.490 e. The Morgan fingerprint density at radius 3 is 2.47 bits per heavy atom. The van der Waals surface area contributed by atoms with Crippen LogP contribution in [0.2, 0.25) is 0 Å². The number of alkyl halides is 3. The fourth-order valence-electron chi connectivity index (χ4n) is 2.41. The lowest BCUT2D eigenvalue weighted by atomic mass is 10.1. The highest BCUT2D eigenvalue weighted by Gasteiger charge is 2.35. The SMILES string of the molecule is NCCc1ccc(OC2CCCC2)c(C(F)(F)F)c1. The first-order chi connectivity index (χ1) is 9.00. The molecule has 0 aliphatic heterocycles. The molecule has 0 saturated heterocycles. The number of halogens is 3. The van der Waals surface area contributed by atoms with Crippen molar-refractivity contribution in [2.45, 2.75) is 44.4 Å². The predicted molar refractivity (Wildman–Crippen MR) is 67.1 cm³/mol. The van der Waals surface area contributed by atoms with Gasteiger partial charge in [0.2, 0.25) is 0 Å². The molecule has 1 fully saturated rings. The van der Waals surface area contributed by atoms with E-state index in [0.29, 0.717) is 18.5 Å². The normalized spacial score (nSPS) is 16.8. The van der Waals surface area contributed by atoms with Gasteiger partial charge in [0.05, 0.1) is 11.7 Å². The molecule has 2 rings (SSSR count). The molecule has 1 aromatic rings. The first-order valence-corrected chi connectivity index (χ1v) is 6.57. The van der Waals surface area contributed by atoms with Crippen molar-refractivity contribution in [1.29, 1.82) is 0 Å². The number of nitrogens with two attached hydrogens (primary N) is 1. The van der Waals surface area contributed by atoms with Crippen molar-refractivity contribution in [3.05, 3.63) is 29.3 Å². The Kier molecular flexibility index (Phi) is 4.34. The summed E-state index contributed by atoms with van der Waals surface area (Å²) in [6, 6.07) is 4.23. The van der Waals surface area contributed by atoms with Crippen molar-refractivity contribution in [1.82, 2.24) is 0 Å². The second-order valence-electron chi connectivity index (χ2n) is 4.89. The average Bonchev–Trinajstić information content (AvgIpc) is 2.83. The molecule has 2 N–H and O–H groups in total. The minimum atomic E-state index is -4.39. The molecule has 106 valence electrons. The average molecular weight is 273 g/mol. The minimum absolute atomic E-state index is 0.0554. The molecule has 0 atom stereocenters. The van der Waals surface area contributed by atoms with Crippen LogP contribution in [-0.4, -0.2) is 12.6 Å². The second-order valence-corrected chi connectivity index (χ2v) is 4.89. The summed E-state index contributed by atoms with van der Waals surface area (Å²) in [5.74, 6) is -0.0554. The van der Waals surface area contributed by atoms with Crippen molar-refractivity contribution in [3.8, 4) is 5.75 Å². The van der Waals surface area contributed by atoms with E-state index < -0.39 is 11.7 Å². The van der Waals surface area contributed by atoms with Crippen molar-refractivity contribution >= 4 is 0 Å². The molecule has 0 aromatic heterocycles. The van der Waals surface area contributed by atoms with E-state index in [2.05, 4.69) is 0 Å². The fraction of sp³-hybridized carbons (Fsp3) is 0.571. The third-order valence-corrected chi connectivity index (χ3v) is 3.38. The minimum Gasteiger partial charge on any atom is -0.490 e. The Hall–Kier alpha value is -1.23. The zero-order chi connectivity index (χ0) is 13.9. The van der Waals surface area contributed by atoms with Crippen molar-refractivity contribution in [2.24, 2.45) is 5.73 Å². The van der Waals surface area contributed by atoms with Gasteiger partial charge in [0.25, 0.3) is 0 Å². The molecule has 19 heavy (non-hydrogen) atoms. The summed E-state index contributed by atoms with van der Waals surface area (Å²) in [5.41, 5.74) is 5.28. The Bertz CT molecular complexity index is 425. The number of ether oxygens (including phenoxy) is 1. The van der Waals surface area contributed by atoms with Gasteiger partial charge in [-0.15, -0.1) is 0 Å². The van der Waals surface area contributed by atoms with E-state index in [4.69, 9.17) is 10.5 Å². The maximum absolute atomic E-state index is 13.0. The van der Waals surface area contributed by atoms with E-state index in [1.807, 2.05) is 0 Å². The van der Waals surface area contributed by atoms with Gasteiger partial charge in [0.15, 0.2) is 0 Å². The van der Waals surface area contributed by atoms with Crippen molar-refractivity contribution in [2.75, 3.05) is 6.54 Å². The third-order valence-electron chi connectivity index (χ3n) is 3.38. The maximum Gasteiger partial charge on any atom is 0.419 e. The first kappa shape index (κ1) is 14.2. The highest BCUT2D eigenvalue weighted by Crippen LogP contribution is 2.38. The molecular weight excluding hydrogens is 255 g/mol. The summed E-state index contributed by atoms with van der Waals surface area (Å²) in [6.45, 7) is 0.333. The molecule has 0 radical (unpaired) electrons. The molecule has 1 aliphatic carbocycles. The van der Waals surface area contributed by atoms with Gasteiger partial charge in [-0.1, -0.05) is 6.07 Å². The van der Waals surface area contributed by atoms with Gasteiger partial charge in [0.1, 0.15) is 5.75 Å². The lowest BCUT2D eigenvalue weighted by molar-refractivity contribution is -0.139. The van der Waals surface area contributed by atoms with E-state index >= 15 is 0 Å². The Morgan fingerprint density at radius 2 is 1.89 bits per heavy atom. The molecule has 0 heterocycles. The monoisotopic (exact) mass is 273 g/mol. The molecule has 2 nitrogen and oxygen atoms in total. The summed E-state index contributed by atoms with van der Waals surface area (Å²) in [7, 11) is 0. The van der Waals surface area contributed by atoms with Gasteiger partial charge in [-0.2, -0.15) is 13.2 Å². The Morgan fingerprint density at radius 1 is 1.21 bits per heavy atom. The van der Waals surface area contributed by atoms with Crippen LogP contribution in [0.15, 0.2) is 18.2 Å². The molecule has 0 spiro atoms. The predicted octanol–water partition coefficient (Wildman–Crippen LogP) is 3.53. The zero-order valence-corrected chi connectivity index (χ0v) is 10.7. The van der Waals surface area contributed by atoms with Crippen LogP contribution >= 0.6 is 0 Å². The van der Waals surface area contributed by atoms with E-state index in [9.17, 15) is 13.2 Å². The second kappa shape index (κ2) is 5.82. The van der Waals surface area contributed by atoms with Crippen molar-refractivity contribution < 1.29 is 17.9 Å². The molecule has 0 amide bonds. The summed E-state index contributed by atoms with van der Waals surface area (Å²) >= 11 is 0. The Balaban J connectivity index is 2.25. The van der Waals surface area contributed by atoms with Gasteiger partial charge in [0, 0.05) is 0 Å².